The summed E-state index contributed by atoms with van der Waals surface area (Å²) in [6, 6.07) is 5.86. The molecule has 0 aliphatic rings. The van der Waals surface area contributed by atoms with Crippen molar-refractivity contribution in [1.29, 1.82) is 0 Å². The third-order valence-electron chi connectivity index (χ3n) is 2.61. The molecule has 0 saturated carbocycles. The highest BCUT2D eigenvalue weighted by atomic mass is 79.9. The van der Waals surface area contributed by atoms with Crippen molar-refractivity contribution in [3.8, 4) is 0 Å². The van der Waals surface area contributed by atoms with E-state index in [9.17, 15) is 9.59 Å². The number of carbonyl (C=O) groups excluding carboxylic acids is 2. The standard InChI is InChI=1S/C14H13BrN2O3/c1-2-20-14(19)13(18)16-6-5-9-8-17-12-7-10(15)3-4-11(9)12/h3-8,17H,2H2,1H3,(H,16,18)/b6-5-. The molecule has 2 aromatic rings. The van der Waals surface area contributed by atoms with Crippen LogP contribution in [-0.4, -0.2) is 23.5 Å². The summed E-state index contributed by atoms with van der Waals surface area (Å²) in [5.74, 6) is -1.68. The Labute approximate surface area is 124 Å². The average molecular weight is 337 g/mol. The normalized spacial score (nSPS) is 10.9. The van der Waals surface area contributed by atoms with Gasteiger partial charge in [0.1, 0.15) is 0 Å². The van der Waals surface area contributed by atoms with Gasteiger partial charge >= 0.3 is 11.9 Å². The molecule has 20 heavy (non-hydrogen) atoms. The summed E-state index contributed by atoms with van der Waals surface area (Å²) in [4.78, 5) is 25.5. The SMILES string of the molecule is CCOC(=O)C(=O)N/C=C\c1c[nH]c2cc(Br)ccc12. The zero-order valence-corrected chi connectivity index (χ0v) is 12.4. The maximum atomic E-state index is 11.3. The van der Waals surface area contributed by atoms with Crippen LogP contribution in [0.1, 0.15) is 12.5 Å². The van der Waals surface area contributed by atoms with Crippen LogP contribution in [0.2, 0.25) is 0 Å². The number of ether oxygens (including phenoxy) is 1. The van der Waals surface area contributed by atoms with Gasteiger partial charge in [0.25, 0.3) is 0 Å². The number of H-pyrrole nitrogens is 1. The van der Waals surface area contributed by atoms with Gasteiger partial charge in [0.15, 0.2) is 0 Å². The van der Waals surface area contributed by atoms with Gasteiger partial charge in [-0.1, -0.05) is 22.0 Å². The van der Waals surface area contributed by atoms with Gasteiger partial charge in [0.2, 0.25) is 0 Å². The molecule has 0 aliphatic heterocycles. The highest BCUT2D eigenvalue weighted by Crippen LogP contribution is 2.22. The van der Waals surface area contributed by atoms with E-state index in [4.69, 9.17) is 0 Å². The van der Waals surface area contributed by atoms with E-state index in [1.54, 1.807) is 13.0 Å². The zero-order valence-electron chi connectivity index (χ0n) is 10.8. The minimum atomic E-state index is -0.889. The summed E-state index contributed by atoms with van der Waals surface area (Å²) in [6.45, 7) is 1.82. The molecule has 0 radical (unpaired) electrons. The van der Waals surface area contributed by atoms with Crippen molar-refractivity contribution >= 4 is 44.8 Å². The molecule has 0 saturated heterocycles. The van der Waals surface area contributed by atoms with E-state index in [-0.39, 0.29) is 6.61 Å². The van der Waals surface area contributed by atoms with E-state index in [0.29, 0.717) is 0 Å². The molecule has 1 amide bonds. The van der Waals surface area contributed by atoms with E-state index in [1.165, 1.54) is 6.20 Å². The van der Waals surface area contributed by atoms with Crippen molar-refractivity contribution in [2.75, 3.05) is 6.61 Å². The number of hydrogen-bond acceptors (Lipinski definition) is 3. The number of esters is 1. The van der Waals surface area contributed by atoms with Crippen molar-refractivity contribution in [1.82, 2.24) is 10.3 Å². The van der Waals surface area contributed by atoms with E-state index in [2.05, 4.69) is 31.0 Å². The lowest BCUT2D eigenvalue weighted by Gasteiger charge is -1.99. The minimum Gasteiger partial charge on any atom is -0.459 e. The lowest BCUT2D eigenvalue weighted by atomic mass is 10.2. The molecular formula is C14H13BrN2O3. The number of halogens is 1. The quantitative estimate of drug-likeness (QED) is 0.668. The van der Waals surface area contributed by atoms with Crippen LogP contribution >= 0.6 is 15.9 Å². The van der Waals surface area contributed by atoms with Gasteiger partial charge in [0.05, 0.1) is 6.61 Å². The molecule has 5 nitrogen and oxygen atoms in total. The molecule has 2 N–H and O–H groups in total. The number of nitrogens with one attached hydrogen (secondary N) is 2. The van der Waals surface area contributed by atoms with Gasteiger partial charge in [-0.15, -0.1) is 0 Å². The van der Waals surface area contributed by atoms with E-state index in [1.807, 2.05) is 24.4 Å². The molecular weight excluding hydrogens is 324 g/mol. The van der Waals surface area contributed by atoms with E-state index < -0.39 is 11.9 Å². The van der Waals surface area contributed by atoms with Gasteiger partial charge in [-0.05, 0) is 25.1 Å². The molecule has 0 spiro atoms. The second-order valence-electron chi connectivity index (χ2n) is 3.96. The van der Waals surface area contributed by atoms with Gasteiger partial charge in [-0.2, -0.15) is 0 Å². The number of benzene rings is 1. The largest absolute Gasteiger partial charge is 0.459 e. The Hall–Kier alpha value is -2.08. The van der Waals surface area contributed by atoms with Crippen LogP contribution in [0.5, 0.6) is 0 Å². The summed E-state index contributed by atoms with van der Waals surface area (Å²) in [7, 11) is 0. The van der Waals surface area contributed by atoms with Crippen LogP contribution in [0.4, 0.5) is 0 Å². The Balaban J connectivity index is 2.07. The van der Waals surface area contributed by atoms with Crippen LogP contribution in [0, 0.1) is 0 Å². The average Bonchev–Trinajstić information content (AvgIpc) is 2.81. The monoisotopic (exact) mass is 336 g/mol. The molecule has 0 bridgehead atoms. The number of fused-ring (bicyclic) bond motifs is 1. The molecule has 0 atom stereocenters. The number of amides is 1. The van der Waals surface area contributed by atoms with Crippen LogP contribution in [0.25, 0.3) is 17.0 Å². The maximum absolute atomic E-state index is 11.3. The molecule has 0 fully saturated rings. The van der Waals surface area contributed by atoms with E-state index in [0.717, 1.165) is 20.9 Å². The van der Waals surface area contributed by atoms with Crippen molar-refractivity contribution in [2.24, 2.45) is 0 Å². The first-order chi connectivity index (χ1) is 9.61. The lowest BCUT2D eigenvalue weighted by Crippen LogP contribution is -2.28. The fraction of sp³-hybridized carbons (Fsp3) is 0.143. The maximum Gasteiger partial charge on any atom is 0.397 e. The fourth-order valence-electron chi connectivity index (χ4n) is 1.72. The van der Waals surface area contributed by atoms with Crippen molar-refractivity contribution in [3.05, 3.63) is 40.6 Å². The number of aromatic amines is 1. The number of rotatable bonds is 3. The molecule has 1 aromatic carbocycles. The molecule has 1 heterocycles. The zero-order chi connectivity index (χ0) is 14.5. The summed E-state index contributed by atoms with van der Waals surface area (Å²) in [5, 5.41) is 3.39. The first-order valence-electron chi connectivity index (χ1n) is 6.02. The second-order valence-corrected chi connectivity index (χ2v) is 4.88. The third-order valence-corrected chi connectivity index (χ3v) is 3.11. The second kappa shape index (κ2) is 6.38. The smallest absolute Gasteiger partial charge is 0.397 e. The summed E-state index contributed by atoms with van der Waals surface area (Å²) >= 11 is 3.40. The summed E-state index contributed by atoms with van der Waals surface area (Å²) in [6.07, 6.45) is 4.96. The van der Waals surface area contributed by atoms with Crippen molar-refractivity contribution in [2.45, 2.75) is 6.92 Å². The van der Waals surface area contributed by atoms with Crippen LogP contribution in [0.15, 0.2) is 35.1 Å². The predicted octanol–water partition coefficient (Wildman–Crippen LogP) is 2.58. The molecule has 104 valence electrons. The Morgan fingerprint density at radius 2 is 2.25 bits per heavy atom. The van der Waals surface area contributed by atoms with Crippen LogP contribution in [-0.2, 0) is 14.3 Å². The van der Waals surface area contributed by atoms with Crippen LogP contribution in [0.3, 0.4) is 0 Å². The highest BCUT2D eigenvalue weighted by molar-refractivity contribution is 9.10. The highest BCUT2D eigenvalue weighted by Gasteiger charge is 2.12. The Kier molecular flexibility index (Phi) is 4.57. The molecule has 6 heteroatoms. The van der Waals surface area contributed by atoms with E-state index >= 15 is 0 Å². The third kappa shape index (κ3) is 3.27. The summed E-state index contributed by atoms with van der Waals surface area (Å²) < 4.78 is 5.56. The Bertz CT molecular complexity index is 676. The van der Waals surface area contributed by atoms with Crippen LogP contribution < -0.4 is 5.32 Å². The Morgan fingerprint density at radius 1 is 1.45 bits per heavy atom. The number of carbonyl (C=O) groups is 2. The Morgan fingerprint density at radius 3 is 3.00 bits per heavy atom. The summed E-state index contributed by atoms with van der Waals surface area (Å²) in [5.41, 5.74) is 1.90. The van der Waals surface area contributed by atoms with Crippen molar-refractivity contribution in [3.63, 3.8) is 0 Å². The minimum absolute atomic E-state index is 0.174. The number of aromatic nitrogens is 1. The molecule has 0 aliphatic carbocycles. The van der Waals surface area contributed by atoms with Gasteiger partial charge in [-0.3, -0.25) is 4.79 Å². The van der Waals surface area contributed by atoms with Gasteiger partial charge in [-0.25, -0.2) is 4.79 Å². The number of hydrogen-bond donors (Lipinski definition) is 2. The molecule has 0 unspecified atom stereocenters. The fourth-order valence-corrected chi connectivity index (χ4v) is 2.08. The predicted molar refractivity (Wildman–Crippen MR) is 79.8 cm³/mol. The first kappa shape index (κ1) is 14.3. The molecule has 1 aromatic heterocycles. The first-order valence-corrected chi connectivity index (χ1v) is 6.82. The lowest BCUT2D eigenvalue weighted by molar-refractivity contribution is -0.154. The molecule has 2 rings (SSSR count). The topological polar surface area (TPSA) is 71.2 Å². The van der Waals surface area contributed by atoms with Gasteiger partial charge in [0, 0.05) is 33.3 Å². The van der Waals surface area contributed by atoms with Gasteiger partial charge < -0.3 is 15.0 Å². The van der Waals surface area contributed by atoms with Crippen molar-refractivity contribution < 1.29 is 14.3 Å².